The number of aromatic hydroxyl groups is 1. The third-order valence-corrected chi connectivity index (χ3v) is 7.87. The Morgan fingerprint density at radius 1 is 1.11 bits per heavy atom. The van der Waals surface area contributed by atoms with Gasteiger partial charge in [-0.15, -0.1) is 0 Å². The van der Waals surface area contributed by atoms with Gasteiger partial charge in [0.2, 0.25) is 0 Å². The second kappa shape index (κ2) is 16.5. The Hall–Kier alpha value is -3.80. The SMILES string of the molecule is CCOc1ccc(-c2ccc(O)c3c2CC(CC(CCO)C(CO)C(=O)CC(C)=O)CC3=O)cc1CNC(=O)NC(C)(C)C.O.[HH].[HH]. The fourth-order valence-corrected chi connectivity index (χ4v) is 6.03. The zero-order valence-electron chi connectivity index (χ0n) is 26.9. The molecule has 7 N–H and O–H groups in total. The van der Waals surface area contributed by atoms with Crippen molar-refractivity contribution in [3.63, 3.8) is 0 Å². The number of ether oxygens (including phenoxy) is 1. The molecule has 0 aromatic heterocycles. The first-order valence-electron chi connectivity index (χ1n) is 15.2. The highest BCUT2D eigenvalue weighted by Gasteiger charge is 2.35. The largest absolute Gasteiger partial charge is 0.507 e. The third-order valence-electron chi connectivity index (χ3n) is 7.87. The molecule has 0 fully saturated rings. The molecule has 45 heavy (non-hydrogen) atoms. The van der Waals surface area contributed by atoms with Gasteiger partial charge in [0.25, 0.3) is 0 Å². The van der Waals surface area contributed by atoms with E-state index >= 15 is 0 Å². The van der Waals surface area contributed by atoms with Crippen LogP contribution >= 0.6 is 0 Å². The highest BCUT2D eigenvalue weighted by atomic mass is 16.5. The lowest BCUT2D eigenvalue weighted by Crippen LogP contribution is -2.46. The summed E-state index contributed by atoms with van der Waals surface area (Å²) >= 11 is 0. The van der Waals surface area contributed by atoms with Gasteiger partial charge in [0, 0.05) is 39.4 Å². The van der Waals surface area contributed by atoms with E-state index in [1.165, 1.54) is 13.0 Å². The molecule has 0 aliphatic heterocycles. The van der Waals surface area contributed by atoms with Crippen molar-refractivity contribution in [3.05, 3.63) is 47.0 Å². The van der Waals surface area contributed by atoms with Crippen LogP contribution in [0.3, 0.4) is 0 Å². The molecule has 11 heteroatoms. The number of rotatable bonds is 14. The molecule has 3 rings (SSSR count). The summed E-state index contributed by atoms with van der Waals surface area (Å²) in [5.74, 6) is -1.82. The van der Waals surface area contributed by atoms with Crippen LogP contribution in [0.5, 0.6) is 11.5 Å². The number of phenolic OH excluding ortho intramolecular Hbond substituents is 1. The van der Waals surface area contributed by atoms with Crippen molar-refractivity contribution in [2.24, 2.45) is 17.8 Å². The Morgan fingerprint density at radius 3 is 2.42 bits per heavy atom. The summed E-state index contributed by atoms with van der Waals surface area (Å²) < 4.78 is 5.81. The number of fused-ring (bicyclic) bond motifs is 1. The number of carbonyl (C=O) groups is 4. The van der Waals surface area contributed by atoms with Gasteiger partial charge in [-0.25, -0.2) is 4.79 Å². The number of urea groups is 1. The Kier molecular flexibility index (Phi) is 13.7. The van der Waals surface area contributed by atoms with Crippen molar-refractivity contribution in [3.8, 4) is 22.6 Å². The number of hydrogen-bond donors (Lipinski definition) is 5. The van der Waals surface area contributed by atoms with E-state index in [-0.39, 0.29) is 81.4 Å². The zero-order valence-corrected chi connectivity index (χ0v) is 26.9. The molecule has 0 heterocycles. The van der Waals surface area contributed by atoms with Crippen molar-refractivity contribution in [1.29, 1.82) is 0 Å². The Morgan fingerprint density at radius 2 is 1.82 bits per heavy atom. The standard InChI is InChI=1S/C34H46N2O8.H2O.2H2/c1-6-44-31-10-7-22(17-24(31)18-35-33(43)36-34(3,4)5)25-8-9-28(40)32-26(25)15-21(16-30(32)42)14-23(11-12-37)27(19-38)29(41)13-20(2)39;;;/h7-10,17,21,23,27,37-38,40H,6,11-16,18-19H2,1-5H3,(H2,35,36,43);1H2;2*1H. The molecule has 3 atom stereocenters. The molecule has 11 nitrogen and oxygen atoms in total. The van der Waals surface area contributed by atoms with E-state index in [9.17, 15) is 34.5 Å². The summed E-state index contributed by atoms with van der Waals surface area (Å²) in [4.78, 5) is 50.2. The molecule has 2 amide bonds. The normalized spacial score (nSPS) is 15.7. The summed E-state index contributed by atoms with van der Waals surface area (Å²) in [5, 5.41) is 36.2. The van der Waals surface area contributed by atoms with Crippen LogP contribution in [0.1, 0.15) is 84.6 Å². The van der Waals surface area contributed by atoms with Crippen LogP contribution in [0.4, 0.5) is 4.79 Å². The number of aliphatic hydroxyl groups is 2. The second-order valence-corrected chi connectivity index (χ2v) is 12.6. The van der Waals surface area contributed by atoms with Crippen LogP contribution in [0.15, 0.2) is 30.3 Å². The minimum absolute atomic E-state index is 0. The van der Waals surface area contributed by atoms with Crippen molar-refractivity contribution < 1.29 is 47.6 Å². The van der Waals surface area contributed by atoms with Crippen LogP contribution in [0.25, 0.3) is 11.1 Å². The van der Waals surface area contributed by atoms with Crippen LogP contribution in [0.2, 0.25) is 0 Å². The van der Waals surface area contributed by atoms with Crippen LogP contribution < -0.4 is 15.4 Å². The fourth-order valence-electron chi connectivity index (χ4n) is 6.03. The molecule has 1 aliphatic carbocycles. The van der Waals surface area contributed by atoms with Gasteiger partial charge in [0.15, 0.2) is 5.78 Å². The van der Waals surface area contributed by atoms with Gasteiger partial charge >= 0.3 is 6.03 Å². The number of phenols is 1. The number of Topliss-reactive ketones (excluding diaryl/α,β-unsaturated/α-hetero) is 3. The third kappa shape index (κ3) is 10.1. The van der Waals surface area contributed by atoms with Crippen molar-refractivity contribution in [1.82, 2.24) is 10.6 Å². The zero-order chi connectivity index (χ0) is 32.6. The van der Waals surface area contributed by atoms with E-state index in [1.807, 2.05) is 45.9 Å². The van der Waals surface area contributed by atoms with Gasteiger partial charge < -0.3 is 36.2 Å². The quantitative estimate of drug-likeness (QED) is 0.193. The topological polar surface area (TPSA) is 194 Å². The minimum atomic E-state index is -0.817. The Labute approximate surface area is 267 Å². The summed E-state index contributed by atoms with van der Waals surface area (Å²) in [6.45, 7) is 8.85. The van der Waals surface area contributed by atoms with Crippen molar-refractivity contribution >= 4 is 23.4 Å². The number of amides is 2. The number of carbonyl (C=O) groups excluding carboxylic acids is 4. The molecule has 0 bridgehead atoms. The van der Waals surface area contributed by atoms with Gasteiger partial charge in [-0.2, -0.15) is 0 Å². The summed E-state index contributed by atoms with van der Waals surface area (Å²) in [7, 11) is 0. The van der Waals surface area contributed by atoms with E-state index in [4.69, 9.17) is 4.74 Å². The Balaban J connectivity index is 0.00000705. The molecule has 2 aromatic rings. The first kappa shape index (κ1) is 37.4. The van der Waals surface area contributed by atoms with Gasteiger partial charge in [-0.1, -0.05) is 12.1 Å². The number of benzene rings is 2. The average molecular weight is 633 g/mol. The summed E-state index contributed by atoms with van der Waals surface area (Å²) in [5.41, 5.74) is 2.82. The van der Waals surface area contributed by atoms with Gasteiger partial charge in [0.05, 0.1) is 25.2 Å². The highest BCUT2D eigenvalue weighted by Crippen LogP contribution is 2.42. The molecular formula is C34H52N2O9. The maximum atomic E-state index is 13.4. The van der Waals surface area contributed by atoms with Crippen LogP contribution in [0, 0.1) is 17.8 Å². The van der Waals surface area contributed by atoms with E-state index in [0.29, 0.717) is 30.8 Å². The molecule has 3 unspecified atom stereocenters. The second-order valence-electron chi connectivity index (χ2n) is 12.6. The van der Waals surface area contributed by atoms with Crippen molar-refractivity contribution in [2.75, 3.05) is 19.8 Å². The maximum Gasteiger partial charge on any atom is 0.315 e. The van der Waals surface area contributed by atoms with Gasteiger partial charge in [-0.05, 0) is 101 Å². The summed E-state index contributed by atoms with van der Waals surface area (Å²) in [6, 6.07) is 8.56. The molecule has 0 saturated carbocycles. The van der Waals surface area contributed by atoms with E-state index < -0.39 is 24.0 Å². The average Bonchev–Trinajstić information content (AvgIpc) is 2.92. The first-order chi connectivity index (χ1) is 20.8. The molecular weight excluding hydrogens is 580 g/mol. The Bertz CT molecular complexity index is 1380. The molecule has 1 aliphatic rings. The van der Waals surface area contributed by atoms with E-state index in [1.54, 1.807) is 6.07 Å². The first-order valence-corrected chi connectivity index (χ1v) is 15.2. The lowest BCUT2D eigenvalue weighted by molar-refractivity contribution is -0.131. The van der Waals surface area contributed by atoms with E-state index in [0.717, 1.165) is 16.7 Å². The lowest BCUT2D eigenvalue weighted by Gasteiger charge is -2.32. The molecule has 0 radical (unpaired) electrons. The monoisotopic (exact) mass is 632 g/mol. The van der Waals surface area contributed by atoms with Crippen molar-refractivity contribution in [2.45, 2.75) is 78.8 Å². The molecule has 0 saturated heterocycles. The highest BCUT2D eigenvalue weighted by molar-refractivity contribution is 6.03. The van der Waals surface area contributed by atoms with Crippen LogP contribution in [-0.4, -0.2) is 69.5 Å². The lowest BCUT2D eigenvalue weighted by atomic mass is 9.72. The number of nitrogens with one attached hydrogen (secondary N) is 2. The number of aliphatic hydroxyl groups excluding tert-OH is 2. The van der Waals surface area contributed by atoms with Gasteiger partial charge in [-0.3, -0.25) is 14.4 Å². The summed E-state index contributed by atoms with van der Waals surface area (Å²) in [6.07, 6.45) is 0.922. The number of ketones is 3. The smallest absolute Gasteiger partial charge is 0.315 e. The van der Waals surface area contributed by atoms with Gasteiger partial charge in [0.1, 0.15) is 23.1 Å². The molecule has 252 valence electrons. The molecule has 2 aromatic carbocycles. The van der Waals surface area contributed by atoms with Crippen LogP contribution in [-0.2, 0) is 22.6 Å². The maximum absolute atomic E-state index is 13.4. The fraction of sp³-hybridized carbons (Fsp3) is 0.529. The molecule has 0 spiro atoms. The van der Waals surface area contributed by atoms with E-state index in [2.05, 4.69) is 10.6 Å². The predicted molar refractivity (Wildman–Crippen MR) is 175 cm³/mol. The predicted octanol–water partition coefficient (Wildman–Crippen LogP) is 4.01. The minimum Gasteiger partial charge on any atom is -0.507 e. The number of hydrogen-bond acceptors (Lipinski definition) is 8.